The molecule has 1 N–H and O–H groups in total. The summed E-state index contributed by atoms with van der Waals surface area (Å²) in [6, 6.07) is 9.14. The second-order valence-corrected chi connectivity index (χ2v) is 7.65. The van der Waals surface area contributed by atoms with Crippen LogP contribution in [0.15, 0.2) is 42.6 Å². The van der Waals surface area contributed by atoms with Crippen molar-refractivity contribution in [2.75, 3.05) is 25.0 Å². The van der Waals surface area contributed by atoms with Gasteiger partial charge < -0.3 is 5.32 Å². The zero-order chi connectivity index (χ0) is 21.3. The predicted octanol–water partition coefficient (Wildman–Crippen LogP) is 4.22. The second-order valence-electron chi connectivity index (χ2n) is 7.25. The van der Waals surface area contributed by atoms with E-state index in [2.05, 4.69) is 15.5 Å². The first kappa shape index (κ1) is 20.6. The maximum atomic E-state index is 13.2. The van der Waals surface area contributed by atoms with Crippen LogP contribution in [0.2, 0.25) is 5.02 Å². The van der Waals surface area contributed by atoms with E-state index in [1.807, 2.05) is 33.7 Å². The molecule has 0 bridgehead atoms. The van der Waals surface area contributed by atoms with Gasteiger partial charge in [-0.15, -0.1) is 10.2 Å². The first-order valence-corrected chi connectivity index (χ1v) is 9.88. The molecule has 1 fully saturated rings. The first-order chi connectivity index (χ1) is 14.3. The van der Waals surface area contributed by atoms with E-state index in [1.54, 1.807) is 0 Å². The number of para-hydroxylation sites is 1. The van der Waals surface area contributed by atoms with Crippen LogP contribution < -0.4 is 5.32 Å². The van der Waals surface area contributed by atoms with Crippen molar-refractivity contribution in [1.82, 2.24) is 19.5 Å². The van der Waals surface area contributed by atoms with E-state index in [-0.39, 0.29) is 17.5 Å². The molecule has 1 aliphatic rings. The maximum Gasteiger partial charge on any atom is 0.418 e. The number of amides is 1. The van der Waals surface area contributed by atoms with Crippen LogP contribution in [0, 0.1) is 0 Å². The predicted molar refractivity (Wildman–Crippen MR) is 106 cm³/mol. The Morgan fingerprint density at radius 1 is 1.13 bits per heavy atom. The number of nitrogens with zero attached hydrogens (tertiary/aromatic N) is 4. The largest absolute Gasteiger partial charge is 0.418 e. The Labute approximate surface area is 175 Å². The highest BCUT2D eigenvalue weighted by Gasteiger charge is 2.35. The molecule has 1 amide bonds. The van der Waals surface area contributed by atoms with Gasteiger partial charge in [-0.1, -0.05) is 23.7 Å². The van der Waals surface area contributed by atoms with Crippen LogP contribution in [0.4, 0.5) is 18.9 Å². The Hall–Kier alpha value is -2.65. The minimum Gasteiger partial charge on any atom is -0.323 e. The molecule has 2 aromatic heterocycles. The molecule has 3 heterocycles. The summed E-state index contributed by atoms with van der Waals surface area (Å²) in [5.74, 6) is 0.572. The van der Waals surface area contributed by atoms with Gasteiger partial charge in [0, 0.05) is 12.1 Å². The number of pyridine rings is 1. The minimum atomic E-state index is -4.60. The van der Waals surface area contributed by atoms with Crippen molar-refractivity contribution >= 4 is 28.8 Å². The van der Waals surface area contributed by atoms with Gasteiger partial charge in [-0.2, -0.15) is 13.2 Å². The molecular weight excluding hydrogens is 419 g/mol. The molecule has 30 heavy (non-hydrogen) atoms. The highest BCUT2D eigenvalue weighted by Crippen LogP contribution is 2.38. The number of fused-ring (bicyclic) bond motifs is 1. The van der Waals surface area contributed by atoms with Crippen LogP contribution in [0.3, 0.4) is 0 Å². The van der Waals surface area contributed by atoms with E-state index in [1.165, 1.54) is 12.1 Å². The van der Waals surface area contributed by atoms with Gasteiger partial charge in [-0.25, -0.2) is 0 Å². The number of hydrogen-bond donors (Lipinski definition) is 1. The average Bonchev–Trinajstić information content (AvgIpc) is 3.13. The normalized spacial score (nSPS) is 16.1. The summed E-state index contributed by atoms with van der Waals surface area (Å²) in [5.41, 5.74) is -0.572. The summed E-state index contributed by atoms with van der Waals surface area (Å²) in [6.45, 7) is 1.26. The zero-order valence-electron chi connectivity index (χ0n) is 15.9. The van der Waals surface area contributed by atoms with E-state index in [0.29, 0.717) is 13.1 Å². The monoisotopic (exact) mass is 437 g/mol. The van der Waals surface area contributed by atoms with Crippen molar-refractivity contribution in [3.63, 3.8) is 0 Å². The second kappa shape index (κ2) is 8.23. The van der Waals surface area contributed by atoms with Gasteiger partial charge in [-0.05, 0) is 50.2 Å². The number of likely N-dealkylation sites (tertiary alicyclic amines) is 1. The molecule has 6 nitrogen and oxygen atoms in total. The minimum absolute atomic E-state index is 0.00415. The van der Waals surface area contributed by atoms with E-state index in [9.17, 15) is 18.0 Å². The number of carbonyl (C=O) groups is 1. The van der Waals surface area contributed by atoms with Crippen LogP contribution in [0.1, 0.15) is 30.1 Å². The summed E-state index contributed by atoms with van der Waals surface area (Å²) in [7, 11) is 0. The molecule has 1 aliphatic heterocycles. The number of benzene rings is 1. The van der Waals surface area contributed by atoms with Crippen LogP contribution in [-0.4, -0.2) is 45.0 Å². The number of hydrogen-bond acceptors (Lipinski definition) is 4. The van der Waals surface area contributed by atoms with Gasteiger partial charge in [0.25, 0.3) is 0 Å². The summed E-state index contributed by atoms with van der Waals surface area (Å²) >= 11 is 5.90. The lowest BCUT2D eigenvalue weighted by atomic mass is 9.96. The van der Waals surface area contributed by atoms with Crippen molar-refractivity contribution in [2.24, 2.45) is 0 Å². The standard InChI is InChI=1S/C20H19ClF3N5O/c21-15-5-3-4-14(20(22,23)24)18(15)25-17(30)12-28-10-7-13(8-11-28)19-27-26-16-6-1-2-9-29(16)19/h1-6,9,13H,7-8,10-12H2,(H,25,30). The number of piperidine rings is 1. The van der Waals surface area contributed by atoms with E-state index in [0.717, 1.165) is 30.4 Å². The summed E-state index contributed by atoms with van der Waals surface area (Å²) in [4.78, 5) is 14.3. The molecule has 0 unspecified atom stereocenters. The first-order valence-electron chi connectivity index (χ1n) is 9.50. The van der Waals surface area contributed by atoms with Gasteiger partial charge in [0.15, 0.2) is 5.65 Å². The fraction of sp³-hybridized carbons (Fsp3) is 0.350. The Bertz CT molecular complexity index is 1060. The molecule has 0 aliphatic carbocycles. The van der Waals surface area contributed by atoms with Crippen LogP contribution in [0.5, 0.6) is 0 Å². The van der Waals surface area contributed by atoms with E-state index < -0.39 is 23.3 Å². The molecule has 1 saturated heterocycles. The number of nitrogens with one attached hydrogen (secondary N) is 1. The van der Waals surface area contributed by atoms with Gasteiger partial charge >= 0.3 is 6.18 Å². The lowest BCUT2D eigenvalue weighted by Crippen LogP contribution is -2.39. The van der Waals surface area contributed by atoms with E-state index in [4.69, 9.17) is 11.6 Å². The number of rotatable bonds is 4. The van der Waals surface area contributed by atoms with Gasteiger partial charge in [0.1, 0.15) is 5.82 Å². The molecule has 1 aromatic carbocycles. The molecular formula is C20H19ClF3N5O. The Morgan fingerprint density at radius 2 is 1.90 bits per heavy atom. The third-order valence-electron chi connectivity index (χ3n) is 5.24. The van der Waals surface area contributed by atoms with Gasteiger partial charge in [0.2, 0.25) is 5.91 Å². The highest BCUT2D eigenvalue weighted by molar-refractivity contribution is 6.34. The molecule has 0 saturated carbocycles. The smallest absolute Gasteiger partial charge is 0.323 e. The zero-order valence-corrected chi connectivity index (χ0v) is 16.6. The van der Waals surface area contributed by atoms with E-state index >= 15 is 0 Å². The summed E-state index contributed by atoms with van der Waals surface area (Å²) < 4.78 is 41.5. The fourth-order valence-electron chi connectivity index (χ4n) is 3.76. The molecule has 10 heteroatoms. The van der Waals surface area contributed by atoms with Crippen LogP contribution >= 0.6 is 11.6 Å². The van der Waals surface area contributed by atoms with Crippen molar-refractivity contribution < 1.29 is 18.0 Å². The lowest BCUT2D eigenvalue weighted by Gasteiger charge is -2.30. The molecule has 158 valence electrons. The quantitative estimate of drug-likeness (QED) is 0.664. The molecule has 0 spiro atoms. The average molecular weight is 438 g/mol. The molecule has 3 aromatic rings. The lowest BCUT2D eigenvalue weighted by molar-refractivity contribution is -0.137. The molecule has 4 rings (SSSR count). The SMILES string of the molecule is O=C(CN1CCC(c2nnc3ccccn23)CC1)Nc1c(Cl)cccc1C(F)(F)F. The highest BCUT2D eigenvalue weighted by atomic mass is 35.5. The van der Waals surface area contributed by atoms with Crippen molar-refractivity contribution in [3.05, 3.63) is 59.0 Å². The summed E-state index contributed by atoms with van der Waals surface area (Å²) in [6.07, 6.45) is -1.12. The number of alkyl halides is 3. The number of anilines is 1. The summed E-state index contributed by atoms with van der Waals surface area (Å²) in [5, 5.41) is 10.7. The van der Waals surface area contributed by atoms with Crippen molar-refractivity contribution in [1.29, 1.82) is 0 Å². The third kappa shape index (κ3) is 4.27. The third-order valence-corrected chi connectivity index (χ3v) is 5.56. The Morgan fingerprint density at radius 3 is 2.63 bits per heavy atom. The molecule has 0 atom stereocenters. The van der Waals surface area contributed by atoms with Crippen LogP contribution in [-0.2, 0) is 11.0 Å². The van der Waals surface area contributed by atoms with Crippen molar-refractivity contribution in [2.45, 2.75) is 24.9 Å². The molecule has 0 radical (unpaired) electrons. The Kier molecular flexibility index (Phi) is 5.66. The number of aromatic nitrogens is 3. The fourth-order valence-corrected chi connectivity index (χ4v) is 3.98. The maximum absolute atomic E-state index is 13.2. The topological polar surface area (TPSA) is 62.5 Å². The number of carbonyl (C=O) groups excluding carboxylic acids is 1. The van der Waals surface area contributed by atoms with Crippen molar-refractivity contribution in [3.8, 4) is 0 Å². The Balaban J connectivity index is 1.38. The van der Waals surface area contributed by atoms with Gasteiger partial charge in [0.05, 0.1) is 22.8 Å². The number of halogens is 4. The van der Waals surface area contributed by atoms with Gasteiger partial charge in [-0.3, -0.25) is 14.1 Å². The van der Waals surface area contributed by atoms with Crippen LogP contribution in [0.25, 0.3) is 5.65 Å².